The van der Waals surface area contributed by atoms with Gasteiger partial charge in [0.25, 0.3) is 0 Å². The molecule has 2 atom stereocenters. The molecule has 0 spiro atoms. The Bertz CT molecular complexity index is 1250. The van der Waals surface area contributed by atoms with Gasteiger partial charge in [0.2, 0.25) is 11.8 Å². The maximum atomic E-state index is 14.0. The summed E-state index contributed by atoms with van der Waals surface area (Å²) in [7, 11) is 0. The molecule has 0 radical (unpaired) electrons. The monoisotopic (exact) mass is 423 g/mol. The third kappa shape index (κ3) is 2.11. The second-order valence-corrected chi connectivity index (χ2v) is 8.56. The molecular weight excluding hydrogens is 402 g/mol. The number of anilines is 1. The summed E-state index contributed by atoms with van der Waals surface area (Å²) >= 11 is 0. The molecule has 7 rings (SSSR count). The van der Waals surface area contributed by atoms with Gasteiger partial charge >= 0.3 is 0 Å². The van der Waals surface area contributed by atoms with Crippen molar-refractivity contribution >= 4 is 23.8 Å². The molecule has 3 aromatic rings. The zero-order valence-corrected chi connectivity index (χ0v) is 17.5. The highest BCUT2D eigenvalue weighted by Crippen LogP contribution is 2.63. The quantitative estimate of drug-likeness (QED) is 0.473. The average molecular weight is 423 g/mol. The minimum absolute atomic E-state index is 0.269. The summed E-state index contributed by atoms with van der Waals surface area (Å²) in [6, 6.07) is 22.6. The van der Waals surface area contributed by atoms with Gasteiger partial charge in [-0.05, 0) is 41.3 Å². The second-order valence-electron chi connectivity index (χ2n) is 8.56. The van der Waals surface area contributed by atoms with E-state index in [0.717, 1.165) is 28.5 Å². The van der Waals surface area contributed by atoms with Crippen LogP contribution in [-0.2, 0) is 19.8 Å². The SMILES string of the molecule is CCOc1ccccc1N1C(=O)[C@H]2C3c4ccccc4C(C=O)(c4ccccc43)[C@H]2C1=O. The van der Waals surface area contributed by atoms with Crippen LogP contribution in [0.15, 0.2) is 72.8 Å². The van der Waals surface area contributed by atoms with Gasteiger partial charge < -0.3 is 9.53 Å². The van der Waals surface area contributed by atoms with Crippen LogP contribution >= 0.6 is 0 Å². The molecule has 2 bridgehead atoms. The molecule has 158 valence electrons. The number of benzene rings is 3. The summed E-state index contributed by atoms with van der Waals surface area (Å²) in [4.78, 5) is 42.1. The van der Waals surface area contributed by atoms with Gasteiger partial charge in [0.1, 0.15) is 12.0 Å². The molecule has 0 N–H and O–H groups in total. The minimum atomic E-state index is -1.19. The summed E-state index contributed by atoms with van der Waals surface area (Å²) in [6.07, 6.45) is 0.890. The molecular formula is C27H21NO4. The maximum Gasteiger partial charge on any atom is 0.239 e. The highest BCUT2D eigenvalue weighted by atomic mass is 16.5. The molecule has 5 heteroatoms. The van der Waals surface area contributed by atoms with Crippen molar-refractivity contribution < 1.29 is 19.1 Å². The van der Waals surface area contributed by atoms with Crippen LogP contribution in [0, 0.1) is 11.8 Å². The van der Waals surface area contributed by atoms with E-state index in [1.165, 1.54) is 4.90 Å². The van der Waals surface area contributed by atoms with E-state index in [2.05, 4.69) is 0 Å². The first-order valence-electron chi connectivity index (χ1n) is 10.9. The third-order valence-electron chi connectivity index (χ3n) is 7.28. The molecule has 0 aromatic heterocycles. The normalized spacial score (nSPS) is 27.0. The minimum Gasteiger partial charge on any atom is -0.492 e. The predicted octanol–water partition coefficient (Wildman–Crippen LogP) is 3.84. The third-order valence-corrected chi connectivity index (χ3v) is 7.28. The summed E-state index contributed by atoms with van der Waals surface area (Å²) in [5.74, 6) is -1.81. The van der Waals surface area contributed by atoms with Crippen molar-refractivity contribution in [1.82, 2.24) is 0 Å². The summed E-state index contributed by atoms with van der Waals surface area (Å²) in [5, 5.41) is 0. The smallest absolute Gasteiger partial charge is 0.239 e. The van der Waals surface area contributed by atoms with Gasteiger partial charge in [-0.1, -0.05) is 60.7 Å². The molecule has 5 nitrogen and oxygen atoms in total. The molecule has 32 heavy (non-hydrogen) atoms. The Morgan fingerprint density at radius 2 is 1.47 bits per heavy atom. The van der Waals surface area contributed by atoms with E-state index in [4.69, 9.17) is 4.74 Å². The van der Waals surface area contributed by atoms with Crippen LogP contribution in [0.5, 0.6) is 5.75 Å². The summed E-state index contributed by atoms with van der Waals surface area (Å²) < 4.78 is 5.73. The molecule has 4 aliphatic rings. The van der Waals surface area contributed by atoms with Crippen LogP contribution in [0.2, 0.25) is 0 Å². The van der Waals surface area contributed by atoms with Crippen molar-refractivity contribution in [3.05, 3.63) is 95.1 Å². The first kappa shape index (κ1) is 19.0. The van der Waals surface area contributed by atoms with Gasteiger partial charge in [0.05, 0.1) is 29.5 Å². The topological polar surface area (TPSA) is 63.7 Å². The number of para-hydroxylation sites is 2. The predicted molar refractivity (Wildman–Crippen MR) is 119 cm³/mol. The van der Waals surface area contributed by atoms with Crippen molar-refractivity contribution in [2.75, 3.05) is 11.5 Å². The molecule has 1 fully saturated rings. The second kappa shape index (κ2) is 6.63. The van der Waals surface area contributed by atoms with Gasteiger partial charge in [-0.15, -0.1) is 0 Å². The number of ether oxygens (including phenoxy) is 1. The molecule has 0 saturated carbocycles. The van der Waals surface area contributed by atoms with Gasteiger partial charge in [-0.2, -0.15) is 0 Å². The number of carbonyl (C=O) groups is 3. The highest BCUT2D eigenvalue weighted by Gasteiger charge is 2.68. The Kier molecular flexibility index (Phi) is 3.94. The Balaban J connectivity index is 1.62. The number of aldehydes is 1. The van der Waals surface area contributed by atoms with E-state index in [1.54, 1.807) is 18.2 Å². The fourth-order valence-electron chi connectivity index (χ4n) is 6.19. The van der Waals surface area contributed by atoms with Crippen LogP contribution in [-0.4, -0.2) is 24.7 Å². The Morgan fingerprint density at radius 1 is 0.875 bits per heavy atom. The van der Waals surface area contributed by atoms with Gasteiger partial charge in [0.15, 0.2) is 0 Å². The van der Waals surface area contributed by atoms with Crippen LogP contribution < -0.4 is 9.64 Å². The zero-order chi connectivity index (χ0) is 22.0. The number of amides is 2. The molecule has 1 saturated heterocycles. The Morgan fingerprint density at radius 3 is 2.09 bits per heavy atom. The van der Waals surface area contributed by atoms with Crippen molar-refractivity contribution in [1.29, 1.82) is 0 Å². The fourth-order valence-corrected chi connectivity index (χ4v) is 6.19. The maximum absolute atomic E-state index is 14.0. The van der Waals surface area contributed by atoms with E-state index < -0.39 is 17.3 Å². The van der Waals surface area contributed by atoms with Crippen LogP contribution in [0.3, 0.4) is 0 Å². The van der Waals surface area contributed by atoms with Crippen molar-refractivity contribution in [2.24, 2.45) is 11.8 Å². The first-order chi connectivity index (χ1) is 15.6. The lowest BCUT2D eigenvalue weighted by atomic mass is 9.48. The highest BCUT2D eigenvalue weighted by molar-refractivity contribution is 6.25. The van der Waals surface area contributed by atoms with Crippen LogP contribution in [0.25, 0.3) is 0 Å². The van der Waals surface area contributed by atoms with Gasteiger partial charge in [-0.3, -0.25) is 9.59 Å². The Labute approximate surface area is 185 Å². The van der Waals surface area contributed by atoms with Gasteiger partial charge in [-0.25, -0.2) is 4.90 Å². The molecule has 1 aliphatic heterocycles. The molecule has 1 heterocycles. The lowest BCUT2D eigenvalue weighted by Gasteiger charge is -2.51. The van der Waals surface area contributed by atoms with Crippen molar-refractivity contribution in [3.8, 4) is 5.75 Å². The van der Waals surface area contributed by atoms with Crippen LogP contribution in [0.4, 0.5) is 5.69 Å². The lowest BCUT2D eigenvalue weighted by Crippen LogP contribution is -2.54. The number of hydrogen-bond acceptors (Lipinski definition) is 4. The lowest BCUT2D eigenvalue weighted by molar-refractivity contribution is -0.128. The summed E-state index contributed by atoms with van der Waals surface area (Å²) in [5.41, 5.74) is 2.84. The van der Waals surface area contributed by atoms with E-state index in [0.29, 0.717) is 18.0 Å². The number of nitrogens with zero attached hydrogens (tertiary/aromatic N) is 1. The van der Waals surface area contributed by atoms with Crippen molar-refractivity contribution in [3.63, 3.8) is 0 Å². The number of hydrogen-bond donors (Lipinski definition) is 0. The van der Waals surface area contributed by atoms with Crippen LogP contribution in [0.1, 0.15) is 35.1 Å². The van der Waals surface area contributed by atoms with Crippen molar-refractivity contribution in [2.45, 2.75) is 18.3 Å². The molecule has 2 amide bonds. The number of rotatable bonds is 4. The van der Waals surface area contributed by atoms with Gasteiger partial charge in [0, 0.05) is 5.92 Å². The molecule has 3 aliphatic carbocycles. The van der Waals surface area contributed by atoms with E-state index >= 15 is 0 Å². The van der Waals surface area contributed by atoms with E-state index in [9.17, 15) is 14.4 Å². The first-order valence-corrected chi connectivity index (χ1v) is 10.9. The largest absolute Gasteiger partial charge is 0.492 e. The Hall–Kier alpha value is -3.73. The van der Waals surface area contributed by atoms with E-state index in [1.807, 2.05) is 61.5 Å². The fraction of sp³-hybridized carbons (Fsp3) is 0.222. The number of carbonyl (C=O) groups excluding carboxylic acids is 3. The standard InChI is InChI=1S/C27H21NO4/c1-2-32-21-14-8-7-13-20(21)28-25(30)23-22-16-9-3-5-11-18(16)27(15-29,24(23)26(28)31)19-12-6-4-10-17(19)22/h3-15,22-24H,2H2,1H3/t22?,23-,24+,27?/m0/s1. The summed E-state index contributed by atoms with van der Waals surface area (Å²) in [6.45, 7) is 2.27. The zero-order valence-electron chi connectivity index (χ0n) is 17.5. The van der Waals surface area contributed by atoms with E-state index in [-0.39, 0.29) is 17.7 Å². The number of imide groups is 1. The average Bonchev–Trinajstić information content (AvgIpc) is 3.10. The molecule has 3 aromatic carbocycles. The molecule has 0 unspecified atom stereocenters.